The van der Waals surface area contributed by atoms with E-state index in [-0.39, 0.29) is 24.0 Å². The highest BCUT2D eigenvalue weighted by Gasteiger charge is 2.16. The molecule has 0 bridgehead atoms. The number of hydrogen-bond acceptors (Lipinski definition) is 3. The van der Waals surface area contributed by atoms with Crippen molar-refractivity contribution in [3.8, 4) is 17.0 Å². The fourth-order valence-electron chi connectivity index (χ4n) is 3.62. The van der Waals surface area contributed by atoms with E-state index in [0.29, 0.717) is 0 Å². The van der Waals surface area contributed by atoms with Gasteiger partial charge in [0, 0.05) is 35.3 Å². The summed E-state index contributed by atoms with van der Waals surface area (Å²) < 4.78 is 19.3. The van der Waals surface area contributed by atoms with Gasteiger partial charge in [0.25, 0.3) is 0 Å². The fourth-order valence-corrected chi connectivity index (χ4v) is 3.62. The summed E-state index contributed by atoms with van der Waals surface area (Å²) in [5.41, 5.74) is 3.89. The molecule has 0 atom stereocenters. The molecule has 3 rings (SSSR count). The van der Waals surface area contributed by atoms with Crippen LogP contribution in [0.25, 0.3) is 22.7 Å². The van der Waals surface area contributed by atoms with Gasteiger partial charge in [-0.25, -0.2) is 9.38 Å². The van der Waals surface area contributed by atoms with E-state index in [9.17, 15) is 4.39 Å². The number of rotatable bonds is 4. The summed E-state index contributed by atoms with van der Waals surface area (Å²) in [7, 11) is 1.48. The van der Waals surface area contributed by atoms with Crippen molar-refractivity contribution in [3.05, 3.63) is 40.7 Å². The number of nitrogens with one attached hydrogen (secondary N) is 1. The first-order valence-corrected chi connectivity index (χ1v) is 9.92. The zero-order valence-electron chi connectivity index (χ0n) is 17.9. The minimum absolute atomic E-state index is 0. The van der Waals surface area contributed by atoms with Gasteiger partial charge in [-0.3, -0.25) is 0 Å². The lowest BCUT2D eigenvalue weighted by Crippen LogP contribution is -2.37. The van der Waals surface area contributed by atoms with E-state index < -0.39 is 0 Å². The lowest BCUT2D eigenvalue weighted by atomic mass is 10.1. The first-order chi connectivity index (χ1) is 13.4. The Balaban J connectivity index is 0.00000300. The first-order valence-electron chi connectivity index (χ1n) is 9.92. The van der Waals surface area contributed by atoms with Crippen LogP contribution in [0, 0.1) is 5.82 Å². The molecule has 1 N–H and O–H groups in total. The van der Waals surface area contributed by atoms with E-state index in [1.165, 1.54) is 38.0 Å². The second-order valence-corrected chi connectivity index (χ2v) is 7.75. The third-order valence-corrected chi connectivity index (χ3v) is 5.03. The van der Waals surface area contributed by atoms with Gasteiger partial charge in [-0.1, -0.05) is 5.57 Å². The maximum absolute atomic E-state index is 14.2. The summed E-state index contributed by atoms with van der Waals surface area (Å²) >= 11 is 0. The highest BCUT2D eigenvalue weighted by Crippen LogP contribution is 2.23. The van der Waals surface area contributed by atoms with E-state index >= 15 is 0 Å². The number of aromatic amines is 1. The molecule has 1 aliphatic heterocycles. The van der Waals surface area contributed by atoms with Gasteiger partial charge in [-0.05, 0) is 71.2 Å². The van der Waals surface area contributed by atoms with Crippen molar-refractivity contribution in [2.75, 3.05) is 20.2 Å². The zero-order chi connectivity index (χ0) is 20.3. The van der Waals surface area contributed by atoms with Gasteiger partial charge in [-0.15, -0.1) is 12.4 Å². The Bertz CT molecular complexity index is 996. The minimum Gasteiger partial charge on any atom is -0.494 e. The summed E-state index contributed by atoms with van der Waals surface area (Å²) in [6.45, 7) is 10.3. The van der Waals surface area contributed by atoms with E-state index in [4.69, 9.17) is 9.73 Å². The maximum Gasteiger partial charge on any atom is 0.165 e. The lowest BCUT2D eigenvalue weighted by Gasteiger charge is -2.28. The number of H-pyrrole nitrogens is 1. The number of halogens is 2. The second kappa shape index (κ2) is 9.97. The number of aliphatic imine (C=N–C) groups is 1. The van der Waals surface area contributed by atoms with Crippen LogP contribution in [0.4, 0.5) is 4.39 Å². The predicted molar refractivity (Wildman–Crippen MR) is 122 cm³/mol. The van der Waals surface area contributed by atoms with Crippen molar-refractivity contribution in [2.45, 2.75) is 47.0 Å². The maximum atomic E-state index is 14.2. The molecule has 2 heterocycles. The zero-order valence-corrected chi connectivity index (χ0v) is 18.8. The third kappa shape index (κ3) is 5.21. The smallest absolute Gasteiger partial charge is 0.165 e. The van der Waals surface area contributed by atoms with Gasteiger partial charge >= 0.3 is 0 Å². The molecule has 0 radical (unpaired) electrons. The largest absolute Gasteiger partial charge is 0.494 e. The van der Waals surface area contributed by atoms with Crippen molar-refractivity contribution >= 4 is 29.5 Å². The number of aromatic nitrogens is 1. The molecule has 29 heavy (non-hydrogen) atoms. The van der Waals surface area contributed by atoms with Crippen molar-refractivity contribution < 1.29 is 9.13 Å². The molecule has 2 aromatic rings. The second-order valence-electron chi connectivity index (χ2n) is 7.75. The Labute approximate surface area is 178 Å². The highest BCUT2D eigenvalue weighted by atomic mass is 35.5. The third-order valence-electron chi connectivity index (χ3n) is 5.03. The van der Waals surface area contributed by atoms with Crippen LogP contribution in [0.2, 0.25) is 0 Å². The minimum atomic E-state index is -0.363. The molecule has 1 saturated heterocycles. The molecule has 158 valence electrons. The van der Waals surface area contributed by atoms with Crippen LogP contribution in [-0.2, 0) is 0 Å². The molecule has 4 nitrogen and oxygen atoms in total. The standard InChI is InChI=1S/C23H30FN3O.ClH/c1-15(2)18-14-20(17-9-10-21(28-5)19(24)13-17)26-22(18)23(25-16(3)4)27-11-7-6-8-12-27;/h9-10,13-14,26H,6-8,11-12H2,1-5H3;1H/b23-22-;. The fraction of sp³-hybridized carbons (Fsp3) is 0.435. The normalized spacial score (nSPS) is 14.8. The van der Waals surface area contributed by atoms with Gasteiger partial charge in [0.05, 0.1) is 12.5 Å². The molecule has 1 aromatic heterocycles. The van der Waals surface area contributed by atoms with Crippen molar-refractivity contribution in [1.82, 2.24) is 9.88 Å². The quantitative estimate of drug-likeness (QED) is 0.742. The summed E-state index contributed by atoms with van der Waals surface area (Å²) in [5, 5.41) is 2.13. The summed E-state index contributed by atoms with van der Waals surface area (Å²) in [6, 6.07) is 7.15. The molecule has 0 amide bonds. The average molecular weight is 420 g/mol. The molecule has 1 aliphatic rings. The van der Waals surface area contributed by atoms with Crippen LogP contribution < -0.4 is 15.3 Å². The summed E-state index contributed by atoms with van der Waals surface area (Å²) in [6.07, 6.45) is 3.64. The topological polar surface area (TPSA) is 40.6 Å². The Morgan fingerprint density at radius 1 is 1.07 bits per heavy atom. The molecule has 0 spiro atoms. The molecule has 0 saturated carbocycles. The Morgan fingerprint density at radius 2 is 1.76 bits per heavy atom. The number of methoxy groups -OCH3 is 1. The molecule has 0 unspecified atom stereocenters. The first kappa shape index (κ1) is 23.0. The van der Waals surface area contributed by atoms with Crippen LogP contribution in [-0.4, -0.2) is 35.8 Å². The van der Waals surface area contributed by atoms with Crippen molar-refractivity contribution in [3.63, 3.8) is 0 Å². The van der Waals surface area contributed by atoms with Crippen LogP contribution >= 0.6 is 12.4 Å². The summed E-state index contributed by atoms with van der Waals surface area (Å²) in [4.78, 5) is 10.8. The van der Waals surface area contributed by atoms with E-state index in [2.05, 4.69) is 29.8 Å². The Hall–Kier alpha value is -2.27. The number of nitrogens with zero attached hydrogens (tertiary/aromatic N) is 2. The van der Waals surface area contributed by atoms with Crippen molar-refractivity contribution in [2.24, 2.45) is 4.99 Å². The number of benzene rings is 1. The number of likely N-dealkylation sites (tertiary alicyclic amines) is 1. The lowest BCUT2D eigenvalue weighted by molar-refractivity contribution is 0.319. The predicted octanol–water partition coefficient (Wildman–Crippen LogP) is 4.47. The van der Waals surface area contributed by atoms with Crippen LogP contribution in [0.3, 0.4) is 0 Å². The highest BCUT2D eigenvalue weighted by molar-refractivity contribution is 5.85. The van der Waals surface area contributed by atoms with Crippen LogP contribution in [0.1, 0.15) is 47.0 Å². The van der Waals surface area contributed by atoms with E-state index in [1.54, 1.807) is 6.07 Å². The van der Waals surface area contributed by atoms with Crippen LogP contribution in [0.5, 0.6) is 5.75 Å². The van der Waals surface area contributed by atoms with Crippen LogP contribution in [0.15, 0.2) is 29.3 Å². The Morgan fingerprint density at radius 3 is 2.31 bits per heavy atom. The van der Waals surface area contributed by atoms with Gasteiger partial charge in [0.15, 0.2) is 17.4 Å². The van der Waals surface area contributed by atoms with Gasteiger partial charge in [0.1, 0.15) is 0 Å². The molecular weight excluding hydrogens is 389 g/mol. The Kier molecular flexibility index (Phi) is 7.91. The van der Waals surface area contributed by atoms with E-state index in [0.717, 1.165) is 46.4 Å². The van der Waals surface area contributed by atoms with E-state index in [1.807, 2.05) is 19.9 Å². The summed E-state index contributed by atoms with van der Waals surface area (Å²) in [5.74, 6) is 0.870. The van der Waals surface area contributed by atoms with Gasteiger partial charge < -0.3 is 14.6 Å². The molecule has 0 aliphatic carbocycles. The van der Waals surface area contributed by atoms with Gasteiger partial charge in [0.2, 0.25) is 0 Å². The number of hydrogen-bond donors (Lipinski definition) is 1. The monoisotopic (exact) mass is 419 g/mol. The molecule has 6 heteroatoms. The average Bonchev–Trinajstić information content (AvgIpc) is 3.12. The SMILES string of the molecule is COc1ccc(-c2cc(=C(C)C)/c(=C(\N=C(C)C)N3CCCCC3)[nH]2)cc1F.Cl. The molecule has 1 fully saturated rings. The number of piperidine rings is 1. The number of ether oxygens (including phenoxy) is 1. The molecule has 1 aromatic carbocycles. The van der Waals surface area contributed by atoms with Gasteiger partial charge in [-0.2, -0.15) is 0 Å². The molecular formula is C23H31ClFN3O. The van der Waals surface area contributed by atoms with Crippen molar-refractivity contribution in [1.29, 1.82) is 0 Å².